The molecule has 5 rings (SSSR count). The van der Waals surface area contributed by atoms with E-state index in [2.05, 4.69) is 27.2 Å². The number of aromatic nitrogens is 8. The van der Waals surface area contributed by atoms with E-state index in [1.807, 2.05) is 66.9 Å². The fourth-order valence-electron chi connectivity index (χ4n) is 4.54. The molecular formula is C27H28N8O2. The van der Waals surface area contributed by atoms with E-state index in [0.29, 0.717) is 42.3 Å². The number of fused-ring (bicyclic) bond motifs is 1. The molecule has 1 N–H and O–H groups in total. The van der Waals surface area contributed by atoms with Crippen molar-refractivity contribution < 1.29 is 0 Å². The number of allylic oxidation sites excluding steroid dienone is 1. The Bertz CT molecular complexity index is 1710. The van der Waals surface area contributed by atoms with Crippen LogP contribution in [-0.4, -0.2) is 39.3 Å². The minimum Gasteiger partial charge on any atom is -0.314 e. The number of rotatable bonds is 8. The Morgan fingerprint density at radius 3 is 2.38 bits per heavy atom. The van der Waals surface area contributed by atoms with Crippen molar-refractivity contribution in [3.05, 3.63) is 87.3 Å². The van der Waals surface area contributed by atoms with Gasteiger partial charge in [0.1, 0.15) is 5.82 Å². The number of nitrogens with one attached hydrogen (secondary N) is 1. The summed E-state index contributed by atoms with van der Waals surface area (Å²) in [6.45, 7) is 9.06. The number of tetrazole rings is 1. The van der Waals surface area contributed by atoms with Gasteiger partial charge in [-0.25, -0.2) is 9.78 Å². The zero-order valence-electron chi connectivity index (χ0n) is 21.1. The third-order valence-corrected chi connectivity index (χ3v) is 6.54. The SMILES string of the molecule is C=C(CC)c1nc2c(c(=O)n(C)c(=O)n2CCC)n1Cc1ccc(-c2ccccc2-c2nn[nH]n2)cc1. The fraction of sp³-hybridized carbons (Fsp3) is 0.259. The molecule has 2 aromatic carbocycles. The first-order valence-electron chi connectivity index (χ1n) is 12.2. The van der Waals surface area contributed by atoms with Crippen molar-refractivity contribution in [1.29, 1.82) is 0 Å². The van der Waals surface area contributed by atoms with Crippen LogP contribution in [-0.2, 0) is 20.1 Å². The average Bonchev–Trinajstić information content (AvgIpc) is 3.59. The monoisotopic (exact) mass is 496 g/mol. The van der Waals surface area contributed by atoms with Crippen LogP contribution in [0.2, 0.25) is 0 Å². The first kappa shape index (κ1) is 24.1. The second kappa shape index (κ2) is 9.81. The first-order valence-corrected chi connectivity index (χ1v) is 12.2. The summed E-state index contributed by atoms with van der Waals surface area (Å²) >= 11 is 0. The van der Waals surface area contributed by atoms with E-state index >= 15 is 0 Å². The van der Waals surface area contributed by atoms with Gasteiger partial charge in [0.2, 0.25) is 5.82 Å². The molecule has 0 bridgehead atoms. The molecule has 0 fully saturated rings. The van der Waals surface area contributed by atoms with Gasteiger partial charge in [-0.05, 0) is 40.3 Å². The van der Waals surface area contributed by atoms with Crippen LogP contribution in [0.1, 0.15) is 38.1 Å². The maximum absolute atomic E-state index is 13.3. The third kappa shape index (κ3) is 4.20. The van der Waals surface area contributed by atoms with Crippen LogP contribution in [0.5, 0.6) is 0 Å². The van der Waals surface area contributed by atoms with Gasteiger partial charge in [0.15, 0.2) is 11.2 Å². The Hall–Kier alpha value is -4.60. The molecule has 0 saturated heterocycles. The topological polar surface area (TPSA) is 116 Å². The van der Waals surface area contributed by atoms with Gasteiger partial charge in [0.25, 0.3) is 5.56 Å². The summed E-state index contributed by atoms with van der Waals surface area (Å²) in [4.78, 5) is 30.9. The van der Waals surface area contributed by atoms with E-state index in [1.165, 1.54) is 7.05 Å². The molecule has 5 aromatic rings. The molecule has 0 atom stereocenters. The quantitative estimate of drug-likeness (QED) is 0.351. The molecule has 0 amide bonds. The zero-order valence-corrected chi connectivity index (χ0v) is 21.1. The summed E-state index contributed by atoms with van der Waals surface area (Å²) in [5, 5.41) is 14.4. The molecule has 10 nitrogen and oxygen atoms in total. The van der Waals surface area contributed by atoms with E-state index in [9.17, 15) is 9.59 Å². The minimum absolute atomic E-state index is 0.359. The molecule has 0 aliphatic heterocycles. The summed E-state index contributed by atoms with van der Waals surface area (Å²) in [5.74, 6) is 1.15. The van der Waals surface area contributed by atoms with Crippen molar-refractivity contribution in [3.8, 4) is 22.5 Å². The molecule has 0 aliphatic carbocycles. The van der Waals surface area contributed by atoms with Crippen molar-refractivity contribution in [2.24, 2.45) is 7.05 Å². The number of aromatic amines is 1. The highest BCUT2D eigenvalue weighted by atomic mass is 16.2. The van der Waals surface area contributed by atoms with E-state index in [1.54, 1.807) is 4.57 Å². The molecular weight excluding hydrogens is 468 g/mol. The van der Waals surface area contributed by atoms with Crippen LogP contribution in [0.25, 0.3) is 39.3 Å². The lowest BCUT2D eigenvalue weighted by Crippen LogP contribution is -2.38. The van der Waals surface area contributed by atoms with Crippen LogP contribution in [0.4, 0.5) is 0 Å². The van der Waals surface area contributed by atoms with Crippen molar-refractivity contribution in [1.82, 2.24) is 39.3 Å². The van der Waals surface area contributed by atoms with Gasteiger partial charge in [0, 0.05) is 25.7 Å². The molecule has 10 heteroatoms. The largest absolute Gasteiger partial charge is 0.332 e. The Morgan fingerprint density at radius 2 is 1.73 bits per heavy atom. The number of hydrogen-bond donors (Lipinski definition) is 1. The lowest BCUT2D eigenvalue weighted by molar-refractivity contribution is 0.609. The maximum atomic E-state index is 13.3. The van der Waals surface area contributed by atoms with Crippen LogP contribution in [0, 0.1) is 0 Å². The highest BCUT2D eigenvalue weighted by molar-refractivity contribution is 5.80. The van der Waals surface area contributed by atoms with Crippen LogP contribution >= 0.6 is 0 Å². The van der Waals surface area contributed by atoms with Gasteiger partial charge in [0.05, 0.1) is 0 Å². The molecule has 3 heterocycles. The molecule has 0 unspecified atom stereocenters. The number of aryl methyl sites for hydroxylation is 1. The Morgan fingerprint density at radius 1 is 1.00 bits per heavy atom. The molecule has 0 radical (unpaired) electrons. The van der Waals surface area contributed by atoms with Crippen molar-refractivity contribution in [2.75, 3.05) is 0 Å². The van der Waals surface area contributed by atoms with E-state index < -0.39 is 0 Å². The highest BCUT2D eigenvalue weighted by Crippen LogP contribution is 2.30. The van der Waals surface area contributed by atoms with Crippen LogP contribution < -0.4 is 11.2 Å². The van der Waals surface area contributed by atoms with E-state index in [4.69, 9.17) is 4.98 Å². The van der Waals surface area contributed by atoms with Crippen molar-refractivity contribution >= 4 is 16.7 Å². The van der Waals surface area contributed by atoms with Crippen LogP contribution in [0.15, 0.2) is 64.7 Å². The van der Waals surface area contributed by atoms with Crippen molar-refractivity contribution in [3.63, 3.8) is 0 Å². The van der Waals surface area contributed by atoms with Gasteiger partial charge in [-0.3, -0.25) is 13.9 Å². The van der Waals surface area contributed by atoms with Gasteiger partial charge in [-0.2, -0.15) is 5.21 Å². The number of imidazole rings is 1. The Labute approximate surface area is 212 Å². The van der Waals surface area contributed by atoms with Gasteiger partial charge < -0.3 is 4.57 Å². The highest BCUT2D eigenvalue weighted by Gasteiger charge is 2.21. The summed E-state index contributed by atoms with van der Waals surface area (Å²) < 4.78 is 4.63. The number of benzene rings is 2. The smallest absolute Gasteiger partial charge is 0.314 e. The lowest BCUT2D eigenvalue weighted by atomic mass is 9.98. The molecule has 0 spiro atoms. The van der Waals surface area contributed by atoms with Crippen molar-refractivity contribution in [2.45, 2.75) is 39.8 Å². The molecule has 3 aromatic heterocycles. The first-order chi connectivity index (χ1) is 17.9. The predicted octanol–water partition coefficient (Wildman–Crippen LogP) is 3.63. The second-order valence-electron chi connectivity index (χ2n) is 8.93. The average molecular weight is 497 g/mol. The number of hydrogen-bond acceptors (Lipinski definition) is 6. The normalized spacial score (nSPS) is 11.3. The van der Waals surface area contributed by atoms with Gasteiger partial charge in [-0.15, -0.1) is 10.2 Å². The maximum Gasteiger partial charge on any atom is 0.332 e. The van der Waals surface area contributed by atoms with Gasteiger partial charge >= 0.3 is 5.69 Å². The fourth-order valence-corrected chi connectivity index (χ4v) is 4.54. The summed E-state index contributed by atoms with van der Waals surface area (Å²) in [6, 6.07) is 16.0. The van der Waals surface area contributed by atoms with E-state index in [-0.39, 0.29) is 11.2 Å². The Kier molecular flexibility index (Phi) is 6.39. The second-order valence-corrected chi connectivity index (χ2v) is 8.93. The molecule has 0 aliphatic rings. The molecule has 37 heavy (non-hydrogen) atoms. The summed E-state index contributed by atoms with van der Waals surface area (Å²) in [6.07, 6.45) is 1.42. The summed E-state index contributed by atoms with van der Waals surface area (Å²) in [7, 11) is 1.51. The van der Waals surface area contributed by atoms with Crippen LogP contribution in [0.3, 0.4) is 0 Å². The lowest BCUT2D eigenvalue weighted by Gasteiger charge is -2.12. The zero-order chi connectivity index (χ0) is 26.1. The molecule has 188 valence electrons. The number of nitrogens with zero attached hydrogens (tertiary/aromatic N) is 7. The number of H-pyrrole nitrogens is 1. The molecule has 0 saturated carbocycles. The minimum atomic E-state index is -0.360. The third-order valence-electron chi connectivity index (χ3n) is 6.54. The van der Waals surface area contributed by atoms with Gasteiger partial charge in [-0.1, -0.05) is 69.0 Å². The predicted molar refractivity (Wildman–Crippen MR) is 143 cm³/mol. The Balaban J connectivity index is 1.60. The summed E-state index contributed by atoms with van der Waals surface area (Å²) in [5.41, 5.74) is 4.76. The van der Waals surface area contributed by atoms with E-state index in [0.717, 1.165) is 38.8 Å². The standard InChI is InChI=1S/C27H28N8O2/c1-5-15-34-25-22(26(36)33(4)27(34)37)35(24(28-25)17(3)6-2)16-18-11-13-19(14-12-18)20-9-7-8-10-21(20)23-29-31-32-30-23/h7-14H,3,5-6,15-16H2,1-2,4H3,(H,29,30,31,32).